The molecule has 0 amide bonds. The first kappa shape index (κ1) is 13.6. The maximum Gasteiger partial charge on any atom is 0.0462 e. The van der Waals surface area contributed by atoms with Crippen LogP contribution in [-0.4, -0.2) is 18.3 Å². The number of aliphatic hydroxyl groups excluding tert-OH is 1. The Morgan fingerprint density at radius 1 is 1.22 bits per heavy atom. The van der Waals surface area contributed by atoms with Gasteiger partial charge in [0.1, 0.15) is 0 Å². The second-order valence-electron chi connectivity index (χ2n) is 5.62. The quantitative estimate of drug-likeness (QED) is 0.838. The molecule has 0 aliphatic heterocycles. The Hall–Kier alpha value is -0.860. The Labute approximate surface area is 110 Å². The second-order valence-corrected chi connectivity index (χ2v) is 5.62. The van der Waals surface area contributed by atoms with E-state index < -0.39 is 0 Å². The zero-order valence-electron chi connectivity index (χ0n) is 11.6. The Kier molecular flexibility index (Phi) is 4.79. The highest BCUT2D eigenvalue weighted by Gasteiger charge is 2.25. The van der Waals surface area contributed by atoms with Crippen LogP contribution < -0.4 is 5.32 Å². The number of hydrogen-bond acceptors (Lipinski definition) is 2. The highest BCUT2D eigenvalue weighted by atomic mass is 16.3. The molecule has 0 bridgehead atoms. The summed E-state index contributed by atoms with van der Waals surface area (Å²) in [7, 11) is 0. The molecular formula is C16H25NO. The summed E-state index contributed by atoms with van der Waals surface area (Å²) >= 11 is 0. The maximum absolute atomic E-state index is 9.31. The Bertz CT molecular complexity index is 389. The molecule has 1 aromatic rings. The molecule has 0 saturated heterocycles. The third-order valence-corrected chi connectivity index (χ3v) is 4.49. The fourth-order valence-electron chi connectivity index (χ4n) is 3.02. The van der Waals surface area contributed by atoms with Gasteiger partial charge in [0.25, 0.3) is 0 Å². The summed E-state index contributed by atoms with van der Waals surface area (Å²) in [6, 6.07) is 6.50. The minimum Gasteiger partial charge on any atom is -0.396 e. The van der Waals surface area contributed by atoms with Crippen LogP contribution in [0.3, 0.4) is 0 Å². The van der Waals surface area contributed by atoms with Crippen molar-refractivity contribution in [2.75, 3.05) is 13.2 Å². The lowest BCUT2D eigenvalue weighted by Gasteiger charge is -2.18. The fraction of sp³-hybridized carbons (Fsp3) is 0.625. The lowest BCUT2D eigenvalue weighted by atomic mass is 9.96. The number of hydrogen-bond donors (Lipinski definition) is 2. The number of nitrogens with one attached hydrogen (secondary N) is 1. The summed E-state index contributed by atoms with van der Waals surface area (Å²) in [6.07, 6.45) is 3.75. The van der Waals surface area contributed by atoms with Crippen LogP contribution in [0, 0.1) is 25.7 Å². The van der Waals surface area contributed by atoms with Crippen molar-refractivity contribution < 1.29 is 5.11 Å². The molecule has 1 fully saturated rings. The molecule has 1 aliphatic rings. The van der Waals surface area contributed by atoms with Crippen molar-refractivity contribution in [3.63, 3.8) is 0 Å². The van der Waals surface area contributed by atoms with Crippen LogP contribution in [0.4, 0.5) is 0 Å². The lowest BCUT2D eigenvalue weighted by Crippen LogP contribution is -2.26. The first-order valence-corrected chi connectivity index (χ1v) is 7.09. The van der Waals surface area contributed by atoms with Crippen molar-refractivity contribution in [3.8, 4) is 0 Å². The minimum absolute atomic E-state index is 0.357. The Morgan fingerprint density at radius 3 is 2.78 bits per heavy atom. The van der Waals surface area contributed by atoms with Gasteiger partial charge in [0.15, 0.2) is 0 Å². The van der Waals surface area contributed by atoms with Crippen molar-refractivity contribution in [1.82, 2.24) is 5.32 Å². The number of benzene rings is 1. The summed E-state index contributed by atoms with van der Waals surface area (Å²) in [5.74, 6) is 1.19. The van der Waals surface area contributed by atoms with E-state index in [2.05, 4.69) is 37.4 Å². The number of rotatable bonds is 5. The van der Waals surface area contributed by atoms with E-state index in [0.29, 0.717) is 18.4 Å². The predicted octanol–water partition coefficient (Wildman–Crippen LogP) is 2.80. The fourth-order valence-corrected chi connectivity index (χ4v) is 3.02. The average molecular weight is 247 g/mol. The van der Waals surface area contributed by atoms with E-state index in [-0.39, 0.29) is 0 Å². The molecule has 2 N–H and O–H groups in total. The maximum atomic E-state index is 9.31. The largest absolute Gasteiger partial charge is 0.396 e. The molecule has 2 unspecified atom stereocenters. The van der Waals surface area contributed by atoms with E-state index in [9.17, 15) is 5.11 Å². The van der Waals surface area contributed by atoms with Crippen molar-refractivity contribution in [3.05, 3.63) is 34.9 Å². The van der Waals surface area contributed by atoms with Gasteiger partial charge in [0.05, 0.1) is 0 Å². The summed E-state index contributed by atoms with van der Waals surface area (Å²) in [5.41, 5.74) is 4.16. The van der Waals surface area contributed by atoms with Gasteiger partial charge < -0.3 is 10.4 Å². The van der Waals surface area contributed by atoms with Gasteiger partial charge in [-0.3, -0.25) is 0 Å². The molecule has 1 aliphatic carbocycles. The first-order valence-electron chi connectivity index (χ1n) is 7.09. The zero-order valence-corrected chi connectivity index (χ0v) is 11.6. The topological polar surface area (TPSA) is 32.3 Å². The van der Waals surface area contributed by atoms with Crippen LogP contribution in [0.15, 0.2) is 18.2 Å². The van der Waals surface area contributed by atoms with Crippen molar-refractivity contribution >= 4 is 0 Å². The number of aryl methyl sites for hydroxylation is 1. The Morgan fingerprint density at radius 2 is 2.00 bits per heavy atom. The third kappa shape index (κ3) is 3.12. The van der Waals surface area contributed by atoms with Crippen LogP contribution in [0.1, 0.15) is 36.0 Å². The SMILES string of the molecule is Cc1cccc(CNCC2CCCC2CO)c1C. The normalized spacial score (nSPS) is 23.5. The number of aliphatic hydroxyl groups is 1. The van der Waals surface area contributed by atoms with E-state index in [0.717, 1.165) is 13.1 Å². The summed E-state index contributed by atoms with van der Waals surface area (Å²) < 4.78 is 0. The van der Waals surface area contributed by atoms with Gasteiger partial charge in [-0.1, -0.05) is 24.6 Å². The smallest absolute Gasteiger partial charge is 0.0462 e. The lowest BCUT2D eigenvalue weighted by molar-refractivity contribution is 0.192. The average Bonchev–Trinajstić information content (AvgIpc) is 2.82. The second kappa shape index (κ2) is 6.35. The van der Waals surface area contributed by atoms with Gasteiger partial charge in [-0.15, -0.1) is 0 Å². The van der Waals surface area contributed by atoms with E-state index in [1.807, 2.05) is 0 Å². The molecular weight excluding hydrogens is 222 g/mol. The van der Waals surface area contributed by atoms with Crippen molar-refractivity contribution in [2.45, 2.75) is 39.7 Å². The summed E-state index contributed by atoms with van der Waals surface area (Å²) in [6.45, 7) is 6.70. The highest BCUT2D eigenvalue weighted by molar-refractivity contribution is 5.32. The van der Waals surface area contributed by atoms with Gasteiger partial charge in [-0.05, 0) is 61.8 Å². The summed E-state index contributed by atoms with van der Waals surface area (Å²) in [4.78, 5) is 0. The van der Waals surface area contributed by atoms with Crippen LogP contribution in [0.5, 0.6) is 0 Å². The molecule has 0 aromatic heterocycles. The van der Waals surface area contributed by atoms with Crippen molar-refractivity contribution in [1.29, 1.82) is 0 Å². The molecule has 100 valence electrons. The molecule has 2 nitrogen and oxygen atoms in total. The van der Waals surface area contributed by atoms with Gasteiger partial charge in [-0.25, -0.2) is 0 Å². The molecule has 1 saturated carbocycles. The minimum atomic E-state index is 0.357. The molecule has 18 heavy (non-hydrogen) atoms. The molecule has 2 rings (SSSR count). The molecule has 0 heterocycles. The highest BCUT2D eigenvalue weighted by Crippen LogP contribution is 2.30. The van der Waals surface area contributed by atoms with E-state index in [1.165, 1.54) is 36.0 Å². The third-order valence-electron chi connectivity index (χ3n) is 4.49. The van der Waals surface area contributed by atoms with Gasteiger partial charge in [0, 0.05) is 13.2 Å². The van der Waals surface area contributed by atoms with E-state index >= 15 is 0 Å². The molecule has 2 atom stereocenters. The molecule has 0 spiro atoms. The van der Waals surface area contributed by atoms with Gasteiger partial charge in [0.2, 0.25) is 0 Å². The van der Waals surface area contributed by atoms with E-state index in [4.69, 9.17) is 0 Å². The van der Waals surface area contributed by atoms with Gasteiger partial charge in [-0.2, -0.15) is 0 Å². The van der Waals surface area contributed by atoms with Crippen molar-refractivity contribution in [2.24, 2.45) is 11.8 Å². The standard InChI is InChI=1S/C16H25NO/c1-12-5-3-6-14(13(12)2)9-17-10-15-7-4-8-16(15)11-18/h3,5-6,15-18H,4,7-11H2,1-2H3. The first-order chi connectivity index (χ1) is 8.72. The molecule has 1 aromatic carbocycles. The van der Waals surface area contributed by atoms with Gasteiger partial charge >= 0.3 is 0 Å². The molecule has 0 radical (unpaired) electrons. The monoisotopic (exact) mass is 247 g/mol. The van der Waals surface area contributed by atoms with Crippen LogP contribution in [-0.2, 0) is 6.54 Å². The molecule has 2 heteroatoms. The van der Waals surface area contributed by atoms with Crippen LogP contribution in [0.25, 0.3) is 0 Å². The zero-order chi connectivity index (χ0) is 13.0. The Balaban J connectivity index is 1.83. The van der Waals surface area contributed by atoms with Crippen LogP contribution >= 0.6 is 0 Å². The van der Waals surface area contributed by atoms with E-state index in [1.54, 1.807) is 0 Å². The summed E-state index contributed by atoms with van der Waals surface area (Å²) in [5, 5.41) is 12.9. The van der Waals surface area contributed by atoms with Crippen LogP contribution in [0.2, 0.25) is 0 Å². The predicted molar refractivity (Wildman–Crippen MR) is 75.5 cm³/mol.